The lowest BCUT2D eigenvalue weighted by Gasteiger charge is -2.14. The number of benzene rings is 1. The van der Waals surface area contributed by atoms with Gasteiger partial charge in [0.2, 0.25) is 5.91 Å². The molecule has 27 heavy (non-hydrogen) atoms. The predicted octanol–water partition coefficient (Wildman–Crippen LogP) is 1.23. The lowest BCUT2D eigenvalue weighted by molar-refractivity contribution is -0.127. The number of ether oxygens (including phenoxy) is 2. The highest BCUT2D eigenvalue weighted by atomic mass is 16.5. The monoisotopic (exact) mass is 375 g/mol. The zero-order valence-electron chi connectivity index (χ0n) is 15.6. The Balaban J connectivity index is 1.51. The molecule has 1 aliphatic carbocycles. The Labute approximate surface area is 158 Å². The average Bonchev–Trinajstić information content (AvgIpc) is 3.43. The van der Waals surface area contributed by atoms with Gasteiger partial charge in [0, 0.05) is 19.0 Å². The summed E-state index contributed by atoms with van der Waals surface area (Å²) in [6, 6.07) is 4.75. The van der Waals surface area contributed by atoms with Crippen LogP contribution in [0.5, 0.6) is 11.5 Å². The second-order valence-corrected chi connectivity index (χ2v) is 6.81. The first-order chi connectivity index (χ1) is 13.0. The molecule has 1 aromatic carbocycles. The van der Waals surface area contributed by atoms with Crippen LogP contribution < -0.4 is 20.1 Å². The van der Waals surface area contributed by atoms with Crippen LogP contribution in [0.25, 0.3) is 0 Å². The first kappa shape index (κ1) is 19.0. The van der Waals surface area contributed by atoms with Gasteiger partial charge in [-0.25, -0.2) is 4.79 Å². The number of carbonyl (C=O) groups is 3. The molecule has 1 saturated heterocycles. The van der Waals surface area contributed by atoms with Crippen molar-refractivity contribution in [2.24, 2.45) is 0 Å². The minimum absolute atomic E-state index is 0.0664. The number of urea groups is 1. The van der Waals surface area contributed by atoms with E-state index in [-0.39, 0.29) is 24.8 Å². The molecule has 1 saturated carbocycles. The molecule has 0 spiro atoms. The lowest BCUT2D eigenvalue weighted by atomic mass is 10.1. The topological polar surface area (TPSA) is 97.0 Å². The van der Waals surface area contributed by atoms with Crippen LogP contribution in [0.1, 0.15) is 31.2 Å². The normalized spacial score (nSPS) is 19.0. The third-order valence-electron chi connectivity index (χ3n) is 4.78. The Morgan fingerprint density at radius 1 is 1.22 bits per heavy atom. The van der Waals surface area contributed by atoms with E-state index in [1.807, 2.05) is 12.1 Å². The van der Waals surface area contributed by atoms with Gasteiger partial charge in [0.15, 0.2) is 11.5 Å². The fourth-order valence-corrected chi connectivity index (χ4v) is 3.06. The van der Waals surface area contributed by atoms with Gasteiger partial charge in [-0.1, -0.05) is 6.07 Å². The van der Waals surface area contributed by atoms with Crippen molar-refractivity contribution in [1.82, 2.24) is 15.5 Å². The Morgan fingerprint density at radius 2 is 1.96 bits per heavy atom. The maximum Gasteiger partial charge on any atom is 0.324 e. The zero-order valence-corrected chi connectivity index (χ0v) is 15.6. The molecule has 1 unspecified atom stereocenters. The van der Waals surface area contributed by atoms with Gasteiger partial charge >= 0.3 is 6.03 Å². The Hall–Kier alpha value is -2.77. The van der Waals surface area contributed by atoms with Crippen LogP contribution in [0.3, 0.4) is 0 Å². The van der Waals surface area contributed by atoms with Crippen molar-refractivity contribution in [3.63, 3.8) is 0 Å². The number of hydrogen-bond acceptors (Lipinski definition) is 5. The number of nitrogens with zero attached hydrogens (tertiary/aromatic N) is 1. The molecular weight excluding hydrogens is 350 g/mol. The Morgan fingerprint density at radius 3 is 2.63 bits per heavy atom. The second-order valence-electron chi connectivity index (χ2n) is 6.81. The fraction of sp³-hybridized carbons (Fsp3) is 0.526. The minimum Gasteiger partial charge on any atom is -0.493 e. The summed E-state index contributed by atoms with van der Waals surface area (Å²) in [5.74, 6) is 0.885. The summed E-state index contributed by atoms with van der Waals surface area (Å²) in [7, 11) is 3.12. The number of imide groups is 1. The van der Waals surface area contributed by atoms with Gasteiger partial charge in [0.1, 0.15) is 6.04 Å². The lowest BCUT2D eigenvalue weighted by Crippen LogP contribution is -2.34. The molecule has 2 N–H and O–H groups in total. The first-order valence-corrected chi connectivity index (χ1v) is 9.14. The van der Waals surface area contributed by atoms with E-state index in [1.165, 1.54) is 4.90 Å². The average molecular weight is 375 g/mol. The van der Waals surface area contributed by atoms with Crippen LogP contribution in [0.2, 0.25) is 0 Å². The molecule has 2 fully saturated rings. The summed E-state index contributed by atoms with van der Waals surface area (Å²) >= 11 is 0. The van der Waals surface area contributed by atoms with Crippen LogP contribution in [0, 0.1) is 0 Å². The van der Waals surface area contributed by atoms with E-state index in [4.69, 9.17) is 9.47 Å². The quantitative estimate of drug-likeness (QED) is 0.633. The first-order valence-electron chi connectivity index (χ1n) is 9.14. The van der Waals surface area contributed by atoms with Gasteiger partial charge < -0.3 is 20.1 Å². The van der Waals surface area contributed by atoms with E-state index in [9.17, 15) is 14.4 Å². The van der Waals surface area contributed by atoms with Crippen LogP contribution in [-0.4, -0.2) is 55.6 Å². The summed E-state index contributed by atoms with van der Waals surface area (Å²) in [6.07, 6.45) is 3.10. The number of amides is 4. The molecule has 1 aliphatic heterocycles. The van der Waals surface area contributed by atoms with Crippen molar-refractivity contribution >= 4 is 17.8 Å². The van der Waals surface area contributed by atoms with Crippen LogP contribution in [0.4, 0.5) is 4.79 Å². The van der Waals surface area contributed by atoms with E-state index in [1.54, 1.807) is 20.3 Å². The molecule has 146 valence electrons. The van der Waals surface area contributed by atoms with Crippen molar-refractivity contribution in [1.29, 1.82) is 0 Å². The number of methoxy groups -OCH3 is 2. The maximum atomic E-state index is 12.5. The standard InChI is InChI=1S/C19H25N3O5/c1-26-15-7-3-12(11-16(15)27-2)9-10-22-18(24)14(21-19(22)25)6-8-17(23)20-13-4-5-13/h3,7,11,13-14H,4-6,8-10H2,1-2H3,(H,20,23)(H,21,25). The van der Waals surface area contributed by atoms with Crippen molar-refractivity contribution in [3.8, 4) is 11.5 Å². The number of hydrogen-bond donors (Lipinski definition) is 2. The van der Waals surface area contributed by atoms with E-state index in [0.717, 1.165) is 18.4 Å². The molecule has 2 aliphatic rings. The summed E-state index contributed by atoms with van der Waals surface area (Å²) in [4.78, 5) is 37.6. The molecule has 1 aromatic rings. The predicted molar refractivity (Wildman–Crippen MR) is 97.7 cm³/mol. The minimum atomic E-state index is -0.632. The van der Waals surface area contributed by atoms with E-state index in [0.29, 0.717) is 30.4 Å². The SMILES string of the molecule is COc1ccc(CCN2C(=O)NC(CCC(=O)NC3CC3)C2=O)cc1OC. The molecule has 8 nitrogen and oxygen atoms in total. The maximum absolute atomic E-state index is 12.5. The number of carbonyl (C=O) groups excluding carboxylic acids is 3. The van der Waals surface area contributed by atoms with E-state index in [2.05, 4.69) is 10.6 Å². The molecule has 3 rings (SSSR count). The van der Waals surface area contributed by atoms with Gasteiger partial charge in [-0.15, -0.1) is 0 Å². The molecule has 8 heteroatoms. The Bertz CT molecular complexity index is 732. The second kappa shape index (κ2) is 8.28. The third-order valence-corrected chi connectivity index (χ3v) is 4.78. The van der Waals surface area contributed by atoms with Gasteiger partial charge in [0.25, 0.3) is 5.91 Å². The largest absolute Gasteiger partial charge is 0.493 e. The summed E-state index contributed by atoms with van der Waals surface area (Å²) in [6.45, 7) is 0.269. The number of nitrogens with one attached hydrogen (secondary N) is 2. The highest BCUT2D eigenvalue weighted by Gasteiger charge is 2.37. The summed E-state index contributed by atoms with van der Waals surface area (Å²) in [5, 5.41) is 5.55. The van der Waals surface area contributed by atoms with Crippen LogP contribution in [0.15, 0.2) is 18.2 Å². The van der Waals surface area contributed by atoms with Crippen molar-refractivity contribution in [2.75, 3.05) is 20.8 Å². The van der Waals surface area contributed by atoms with E-state index < -0.39 is 12.1 Å². The van der Waals surface area contributed by atoms with E-state index >= 15 is 0 Å². The zero-order chi connectivity index (χ0) is 19.4. The molecule has 4 amide bonds. The van der Waals surface area contributed by atoms with Gasteiger partial charge in [-0.2, -0.15) is 0 Å². The van der Waals surface area contributed by atoms with Crippen molar-refractivity contribution in [2.45, 2.75) is 44.2 Å². The fourth-order valence-electron chi connectivity index (χ4n) is 3.06. The molecule has 0 aromatic heterocycles. The van der Waals surface area contributed by atoms with Gasteiger partial charge in [-0.05, 0) is 43.4 Å². The summed E-state index contributed by atoms with van der Waals surface area (Å²) in [5.41, 5.74) is 0.931. The van der Waals surface area contributed by atoms with Gasteiger partial charge in [0.05, 0.1) is 14.2 Å². The third kappa shape index (κ3) is 4.69. The smallest absolute Gasteiger partial charge is 0.324 e. The Kier molecular flexibility index (Phi) is 5.83. The molecule has 1 heterocycles. The molecule has 0 radical (unpaired) electrons. The van der Waals surface area contributed by atoms with Crippen molar-refractivity contribution < 1.29 is 23.9 Å². The highest BCUT2D eigenvalue weighted by molar-refractivity contribution is 6.04. The molecule has 1 atom stereocenters. The van der Waals surface area contributed by atoms with Crippen LogP contribution in [-0.2, 0) is 16.0 Å². The molecular formula is C19H25N3O5. The number of rotatable bonds is 9. The van der Waals surface area contributed by atoms with Crippen LogP contribution >= 0.6 is 0 Å². The molecule has 0 bridgehead atoms. The summed E-state index contributed by atoms with van der Waals surface area (Å²) < 4.78 is 10.5. The highest BCUT2D eigenvalue weighted by Crippen LogP contribution is 2.28. The van der Waals surface area contributed by atoms with Crippen molar-refractivity contribution in [3.05, 3.63) is 23.8 Å². The van der Waals surface area contributed by atoms with Gasteiger partial charge in [-0.3, -0.25) is 14.5 Å².